The van der Waals surface area contributed by atoms with E-state index in [1.165, 1.54) is 0 Å². The van der Waals surface area contributed by atoms with Crippen LogP contribution >= 0.6 is 0 Å². The lowest BCUT2D eigenvalue weighted by molar-refractivity contribution is 0.266. The van der Waals surface area contributed by atoms with E-state index >= 15 is 0 Å². The topological polar surface area (TPSA) is 31.4 Å². The van der Waals surface area contributed by atoms with Crippen LogP contribution in [0.5, 0.6) is 0 Å². The van der Waals surface area contributed by atoms with Gasteiger partial charge in [-0.2, -0.15) is 0 Å². The minimum atomic E-state index is 0.625. The summed E-state index contributed by atoms with van der Waals surface area (Å²) >= 11 is 0. The van der Waals surface area contributed by atoms with Crippen LogP contribution in [-0.4, -0.2) is 50.2 Å². The quantitative estimate of drug-likeness (QED) is 0.867. The van der Waals surface area contributed by atoms with E-state index in [4.69, 9.17) is 4.98 Å². The molecule has 0 bridgehead atoms. The molecule has 0 aliphatic carbocycles. The normalized spacial score (nSPS) is 23.9. The highest BCUT2D eigenvalue weighted by atomic mass is 15.3. The second kappa shape index (κ2) is 5.67. The first-order valence-corrected chi connectivity index (χ1v) is 6.63. The number of nitrogens with one attached hydrogen (secondary N) is 1. The largest absolute Gasteiger partial charge is 0.355 e. The number of rotatable bonds is 4. The molecule has 100 valence electrons. The van der Waals surface area contributed by atoms with Crippen molar-refractivity contribution in [3.05, 3.63) is 23.9 Å². The maximum Gasteiger partial charge on any atom is 0.128 e. The van der Waals surface area contributed by atoms with Crippen LogP contribution in [0, 0.1) is 5.92 Å². The molecule has 1 aromatic heterocycles. The highest BCUT2D eigenvalue weighted by Gasteiger charge is 2.31. The zero-order chi connectivity index (χ0) is 13.1. The molecule has 0 radical (unpaired) electrons. The Morgan fingerprint density at radius 2 is 2.17 bits per heavy atom. The van der Waals surface area contributed by atoms with E-state index in [0.717, 1.165) is 31.1 Å². The van der Waals surface area contributed by atoms with Crippen LogP contribution in [0.4, 0.5) is 5.82 Å². The number of anilines is 1. The molecule has 2 heterocycles. The van der Waals surface area contributed by atoms with Crippen molar-refractivity contribution in [2.75, 3.05) is 39.1 Å². The molecule has 2 unspecified atom stereocenters. The maximum absolute atomic E-state index is 4.72. The van der Waals surface area contributed by atoms with Gasteiger partial charge in [-0.05, 0) is 39.2 Å². The Kier molecular flexibility index (Phi) is 4.19. The second-order valence-electron chi connectivity index (χ2n) is 5.43. The van der Waals surface area contributed by atoms with Gasteiger partial charge < -0.3 is 15.1 Å². The molecule has 1 aliphatic rings. The number of nitrogens with zero attached hydrogens (tertiary/aromatic N) is 3. The minimum Gasteiger partial charge on any atom is -0.355 e. The van der Waals surface area contributed by atoms with Crippen molar-refractivity contribution in [1.29, 1.82) is 0 Å². The van der Waals surface area contributed by atoms with Crippen molar-refractivity contribution in [2.45, 2.75) is 19.5 Å². The molecule has 1 aromatic rings. The number of aromatic nitrogens is 1. The summed E-state index contributed by atoms with van der Waals surface area (Å²) in [5, 5.41) is 3.15. The standard InChI is InChI=1S/C14H24N4/c1-11-9-18(10-13(11)17(3)4)14-7-5-6-12(16-14)8-15-2/h5-7,11,13,15H,8-10H2,1-4H3. The summed E-state index contributed by atoms with van der Waals surface area (Å²) in [6.07, 6.45) is 0. The van der Waals surface area contributed by atoms with Gasteiger partial charge in [0.25, 0.3) is 0 Å². The molecule has 4 heteroatoms. The van der Waals surface area contributed by atoms with Crippen LogP contribution in [0.25, 0.3) is 0 Å². The first kappa shape index (κ1) is 13.3. The van der Waals surface area contributed by atoms with Crippen LogP contribution in [0.15, 0.2) is 18.2 Å². The van der Waals surface area contributed by atoms with E-state index in [1.54, 1.807) is 0 Å². The average molecular weight is 248 g/mol. The van der Waals surface area contributed by atoms with Gasteiger partial charge in [-0.1, -0.05) is 13.0 Å². The average Bonchev–Trinajstić information content (AvgIpc) is 2.72. The molecule has 1 fully saturated rings. The number of hydrogen-bond acceptors (Lipinski definition) is 4. The fourth-order valence-electron chi connectivity index (χ4n) is 2.73. The number of hydrogen-bond donors (Lipinski definition) is 1. The molecule has 1 N–H and O–H groups in total. The van der Waals surface area contributed by atoms with Gasteiger partial charge in [-0.3, -0.25) is 0 Å². The molecule has 1 aliphatic heterocycles. The number of likely N-dealkylation sites (N-methyl/N-ethyl adjacent to an activating group) is 1. The molecular weight excluding hydrogens is 224 g/mol. The Bertz CT molecular complexity index is 391. The highest BCUT2D eigenvalue weighted by Crippen LogP contribution is 2.24. The Morgan fingerprint density at radius 3 is 2.78 bits per heavy atom. The Hall–Kier alpha value is -1.13. The van der Waals surface area contributed by atoms with E-state index in [0.29, 0.717) is 12.0 Å². The lowest BCUT2D eigenvalue weighted by Crippen LogP contribution is -2.34. The summed E-state index contributed by atoms with van der Waals surface area (Å²) in [7, 11) is 6.28. The fraction of sp³-hybridized carbons (Fsp3) is 0.643. The van der Waals surface area contributed by atoms with E-state index in [1.807, 2.05) is 7.05 Å². The SMILES string of the molecule is CNCc1cccc(N2CC(C)C(N(C)C)C2)n1. The van der Waals surface area contributed by atoms with Crippen molar-refractivity contribution in [2.24, 2.45) is 5.92 Å². The van der Waals surface area contributed by atoms with Crippen molar-refractivity contribution >= 4 is 5.82 Å². The summed E-state index contributed by atoms with van der Waals surface area (Å²) in [6.45, 7) is 5.32. The van der Waals surface area contributed by atoms with Crippen molar-refractivity contribution in [1.82, 2.24) is 15.2 Å². The highest BCUT2D eigenvalue weighted by molar-refractivity contribution is 5.41. The summed E-state index contributed by atoms with van der Waals surface area (Å²) in [4.78, 5) is 9.44. The van der Waals surface area contributed by atoms with Gasteiger partial charge >= 0.3 is 0 Å². The Labute approximate surface area is 110 Å². The van der Waals surface area contributed by atoms with Crippen LogP contribution < -0.4 is 10.2 Å². The first-order chi connectivity index (χ1) is 8.61. The molecule has 2 rings (SSSR count). The van der Waals surface area contributed by atoms with E-state index in [9.17, 15) is 0 Å². The fourth-order valence-corrected chi connectivity index (χ4v) is 2.73. The summed E-state index contributed by atoms with van der Waals surface area (Å²) in [6, 6.07) is 6.91. The molecule has 0 aromatic carbocycles. The molecule has 4 nitrogen and oxygen atoms in total. The Morgan fingerprint density at radius 1 is 1.39 bits per heavy atom. The van der Waals surface area contributed by atoms with E-state index in [2.05, 4.69) is 54.3 Å². The predicted octanol–water partition coefficient (Wildman–Crippen LogP) is 1.19. The van der Waals surface area contributed by atoms with Gasteiger partial charge in [0.1, 0.15) is 5.82 Å². The molecule has 0 amide bonds. The lowest BCUT2D eigenvalue weighted by atomic mass is 10.1. The van der Waals surface area contributed by atoms with E-state index in [-0.39, 0.29) is 0 Å². The van der Waals surface area contributed by atoms with Crippen LogP contribution in [0.1, 0.15) is 12.6 Å². The van der Waals surface area contributed by atoms with Gasteiger partial charge in [0.2, 0.25) is 0 Å². The predicted molar refractivity (Wildman–Crippen MR) is 75.9 cm³/mol. The zero-order valence-corrected chi connectivity index (χ0v) is 11.8. The minimum absolute atomic E-state index is 0.625. The maximum atomic E-state index is 4.72. The van der Waals surface area contributed by atoms with Crippen molar-refractivity contribution in [3.63, 3.8) is 0 Å². The molecule has 0 spiro atoms. The van der Waals surface area contributed by atoms with Gasteiger partial charge in [-0.15, -0.1) is 0 Å². The van der Waals surface area contributed by atoms with E-state index < -0.39 is 0 Å². The molecule has 2 atom stereocenters. The Balaban J connectivity index is 2.11. The summed E-state index contributed by atoms with van der Waals surface area (Å²) < 4.78 is 0. The van der Waals surface area contributed by atoms with Crippen molar-refractivity contribution in [3.8, 4) is 0 Å². The molecule has 18 heavy (non-hydrogen) atoms. The van der Waals surface area contributed by atoms with Crippen LogP contribution in [0.2, 0.25) is 0 Å². The monoisotopic (exact) mass is 248 g/mol. The first-order valence-electron chi connectivity index (χ1n) is 6.63. The number of pyridine rings is 1. The third-order valence-electron chi connectivity index (χ3n) is 3.71. The van der Waals surface area contributed by atoms with Crippen LogP contribution in [0.3, 0.4) is 0 Å². The zero-order valence-electron chi connectivity index (χ0n) is 11.8. The van der Waals surface area contributed by atoms with Gasteiger partial charge in [-0.25, -0.2) is 4.98 Å². The van der Waals surface area contributed by atoms with Gasteiger partial charge in [0.15, 0.2) is 0 Å². The lowest BCUT2D eigenvalue weighted by Gasteiger charge is -2.22. The summed E-state index contributed by atoms with van der Waals surface area (Å²) in [5.74, 6) is 1.80. The van der Waals surface area contributed by atoms with Gasteiger partial charge in [0, 0.05) is 25.7 Å². The summed E-state index contributed by atoms with van der Waals surface area (Å²) in [5.41, 5.74) is 1.11. The third-order valence-corrected chi connectivity index (χ3v) is 3.71. The third kappa shape index (κ3) is 2.82. The van der Waals surface area contributed by atoms with Crippen LogP contribution in [-0.2, 0) is 6.54 Å². The smallest absolute Gasteiger partial charge is 0.128 e. The molecule has 0 saturated carbocycles. The van der Waals surface area contributed by atoms with Crippen molar-refractivity contribution < 1.29 is 0 Å². The second-order valence-corrected chi connectivity index (χ2v) is 5.43. The molecule has 1 saturated heterocycles. The molecular formula is C14H24N4. The van der Waals surface area contributed by atoms with Gasteiger partial charge in [0.05, 0.1) is 5.69 Å².